The number of hydrogen-bond acceptors (Lipinski definition) is 36. The maximum atomic E-state index is 15.8. The molecule has 0 amide bonds. The molecule has 21 N–H and O–H groups in total. The van der Waals surface area contributed by atoms with Gasteiger partial charge in [0.15, 0.2) is 43.8 Å². The summed E-state index contributed by atoms with van der Waals surface area (Å²) in [6.07, 6.45) is -56.5. The highest BCUT2D eigenvalue weighted by atomic mass is 16.8. The summed E-state index contributed by atoms with van der Waals surface area (Å²) in [5.74, 6) is -2.37. The number of rotatable bonds is 17. The minimum absolute atomic E-state index is 0.0189. The monoisotopic (exact) mass is 1530 g/mol. The lowest BCUT2D eigenvalue weighted by molar-refractivity contribution is -0.395. The second kappa shape index (κ2) is 31.2. The predicted octanol–water partition coefficient (Wildman–Crippen LogP) is -7.29. The zero-order valence-electron chi connectivity index (χ0n) is 60.8. The SMILES string of the molecule is C[C@@H]1O[C@@H](O[C@@H]2[C@@H](O)[C@H](O[C@@H]3[C@@H](O[C@@H]4O[C@@H](C)[C@H](O)[C@@H](O)[C@H]4O)[C@@H](O)[C@H](O[C@H]4[C@H](OC(=O)[C@]56CCC(C)(C)CC5C5=CC[C@@H]7[C@@]8(C)C[C@H](O)[C@H](O[C@@H]9O[C@H](CO)[C@@H](O)[C@H](O[C@@H]%10O[C@H](CO)[C@@H](O)[C@H](O)[C@H]%10O)[C@H]9O)[C@@](C)(CO)C8[C@H](O)C[C@@]7(C)[C@]5(C)CC6)OC[C@H](O)[C@@H]4O)O[C@H]3C)OC[C@H]2O)[C@H](O)[C@H](O)[C@H]1O. The van der Waals surface area contributed by atoms with Crippen LogP contribution in [0.3, 0.4) is 0 Å². The second-order valence-corrected chi connectivity index (χ2v) is 33.9. The second-order valence-electron chi connectivity index (χ2n) is 33.9. The van der Waals surface area contributed by atoms with Crippen LogP contribution in [0.25, 0.3) is 0 Å². The highest BCUT2D eigenvalue weighted by molar-refractivity contribution is 5.79. The van der Waals surface area contributed by atoms with E-state index in [9.17, 15) is 107 Å². The number of allylic oxidation sites excluding steroid dienone is 2. The van der Waals surface area contributed by atoms with Crippen molar-refractivity contribution < 1.29 is 178 Å². The average Bonchev–Trinajstić information content (AvgIpc) is 0.668. The summed E-state index contributed by atoms with van der Waals surface area (Å²) in [5, 5.41) is 235. The molecule has 0 radical (unpaired) electrons. The topological polar surface area (TPSA) is 571 Å². The van der Waals surface area contributed by atoms with Crippen LogP contribution >= 0.6 is 0 Å². The van der Waals surface area contributed by atoms with Gasteiger partial charge < -0.3 is 174 Å². The highest BCUT2D eigenvalue weighted by Gasteiger charge is 2.74. The van der Waals surface area contributed by atoms with Crippen LogP contribution in [0.1, 0.15) is 114 Å². The van der Waals surface area contributed by atoms with E-state index in [1.807, 2.05) is 6.92 Å². The third-order valence-electron chi connectivity index (χ3n) is 26.8. The van der Waals surface area contributed by atoms with Crippen LogP contribution in [-0.2, 0) is 71.1 Å². The minimum Gasteiger partial charge on any atom is -0.432 e. The van der Waals surface area contributed by atoms with E-state index in [1.54, 1.807) is 6.92 Å². The fourth-order valence-corrected chi connectivity index (χ4v) is 20.6. The van der Waals surface area contributed by atoms with Crippen molar-refractivity contribution in [2.45, 2.75) is 335 Å². The van der Waals surface area contributed by atoms with Crippen LogP contribution in [0.15, 0.2) is 11.6 Å². The fourth-order valence-electron chi connectivity index (χ4n) is 20.6. The Hall–Kier alpha value is -2.15. The summed E-state index contributed by atoms with van der Waals surface area (Å²) in [4.78, 5) is 15.8. The van der Waals surface area contributed by atoms with Crippen molar-refractivity contribution in [1.29, 1.82) is 0 Å². The molecule has 5 aliphatic carbocycles. The van der Waals surface area contributed by atoms with E-state index in [2.05, 4.69) is 33.8 Å². The average molecular weight is 1530 g/mol. The molecule has 0 bridgehead atoms. The van der Waals surface area contributed by atoms with Crippen LogP contribution < -0.4 is 0 Å². The molecule has 12 rings (SSSR count). The van der Waals surface area contributed by atoms with Crippen LogP contribution in [0.4, 0.5) is 0 Å². The number of carbonyl (C=O) groups excluding carboxylic acids is 1. The van der Waals surface area contributed by atoms with Gasteiger partial charge >= 0.3 is 5.97 Å². The molecule has 12 aliphatic rings. The van der Waals surface area contributed by atoms with Crippen LogP contribution in [0, 0.1) is 50.2 Å². The standard InChI is InChI=1S/C70H114O36/c1-24-36(78)41(83)44(86)58(95-24)101-51-32(77)22-93-57(47(51)89)100-50-26(3)97-61(49(91)53(50)103-59-45(87)42(84)37(79)25(2)96-59)104-54-38(80)31(76)21-94-63(54)106-64(92)70-14-12-65(4,5)16-28(70)27-10-11-35-66(6)17-30(75)56(67(7,23-73)55(66)29(74)18-69(35,9)68(27,8)13-15-70)105-62-48(90)52(40(82)34(20-72)99-62)102-60-46(88)43(85)39(81)33(19-71)98-60/h10,24-26,28-63,71-91H,11-23H2,1-9H3/t24-,25-,26-,28?,29+,30-,31-,32+,33+,34+,35+,36-,37-,38-,39+,40+,41+,42+,43-,44+,45+,46+,47+,48+,49+,50-,51-,52-,53-,54+,55?,56-,57-,58-,59-,60-,61-,62-,63-,66+,67-,68+,69+,70-/m0/s1. The van der Waals surface area contributed by atoms with E-state index < -0.39 is 299 Å². The summed E-state index contributed by atoms with van der Waals surface area (Å²) in [6.45, 7) is 12.8. The fraction of sp³-hybridized carbons (Fsp3) is 0.957. The first-order valence-corrected chi connectivity index (χ1v) is 37.1. The molecule has 36 nitrogen and oxygen atoms in total. The van der Waals surface area contributed by atoms with Gasteiger partial charge in [-0.05, 0) is 106 Å². The van der Waals surface area contributed by atoms with Crippen molar-refractivity contribution in [3.05, 3.63) is 11.6 Å². The molecule has 0 spiro atoms. The zero-order valence-corrected chi connectivity index (χ0v) is 60.8. The third kappa shape index (κ3) is 14.2. The molecule has 0 aromatic rings. The molecule has 7 aliphatic heterocycles. The van der Waals surface area contributed by atoms with Crippen molar-refractivity contribution in [2.24, 2.45) is 50.2 Å². The number of aliphatic hydroxyl groups is 21. The zero-order chi connectivity index (χ0) is 77.5. The first kappa shape index (κ1) is 83.3. The van der Waals surface area contributed by atoms with Gasteiger partial charge in [0.1, 0.15) is 134 Å². The summed E-state index contributed by atoms with van der Waals surface area (Å²) in [7, 11) is 0. The van der Waals surface area contributed by atoms with Gasteiger partial charge in [-0.1, -0.05) is 53.2 Å². The van der Waals surface area contributed by atoms with E-state index in [0.29, 0.717) is 32.1 Å². The van der Waals surface area contributed by atoms with Gasteiger partial charge in [-0.3, -0.25) is 4.79 Å². The van der Waals surface area contributed by atoms with Crippen molar-refractivity contribution in [1.82, 2.24) is 0 Å². The van der Waals surface area contributed by atoms with Crippen LogP contribution in [0.2, 0.25) is 0 Å². The van der Waals surface area contributed by atoms with Gasteiger partial charge in [0, 0.05) is 11.3 Å². The smallest absolute Gasteiger partial charge is 0.315 e. The first-order chi connectivity index (χ1) is 49.7. The van der Waals surface area contributed by atoms with Crippen molar-refractivity contribution in [3.8, 4) is 0 Å². The van der Waals surface area contributed by atoms with E-state index in [4.69, 9.17) is 66.3 Å². The Morgan fingerprint density at radius 3 is 1.52 bits per heavy atom. The van der Waals surface area contributed by atoms with Crippen LogP contribution in [0.5, 0.6) is 0 Å². The van der Waals surface area contributed by atoms with Gasteiger partial charge in [-0.25, -0.2) is 0 Å². The molecule has 11 fully saturated rings. The molecule has 7 saturated heterocycles. The molecule has 610 valence electrons. The Morgan fingerprint density at radius 1 is 0.434 bits per heavy atom. The Balaban J connectivity index is 0.781. The van der Waals surface area contributed by atoms with Gasteiger partial charge in [-0.2, -0.15) is 0 Å². The summed E-state index contributed by atoms with van der Waals surface area (Å²) in [5.41, 5.74) is -4.69. The normalized spacial score (nSPS) is 56.2. The summed E-state index contributed by atoms with van der Waals surface area (Å²) < 4.78 is 84.2. The number of carbonyl (C=O) groups is 1. The van der Waals surface area contributed by atoms with Crippen molar-refractivity contribution in [2.75, 3.05) is 33.0 Å². The maximum Gasteiger partial charge on any atom is 0.315 e. The Bertz CT molecular complexity index is 3030. The number of aliphatic hydroxyl groups excluding tert-OH is 21. The van der Waals surface area contributed by atoms with Crippen molar-refractivity contribution >= 4 is 5.97 Å². The molecule has 0 aromatic heterocycles. The van der Waals surface area contributed by atoms with Crippen molar-refractivity contribution in [3.63, 3.8) is 0 Å². The number of fused-ring (bicyclic) bond motifs is 7. The van der Waals surface area contributed by atoms with E-state index in [-0.39, 0.29) is 30.6 Å². The van der Waals surface area contributed by atoms with Gasteiger partial charge in [0.2, 0.25) is 6.29 Å². The lowest BCUT2D eigenvalue weighted by Gasteiger charge is -2.72. The highest BCUT2D eigenvalue weighted by Crippen LogP contribution is 2.76. The summed E-state index contributed by atoms with van der Waals surface area (Å²) in [6, 6.07) is 0. The van der Waals surface area contributed by atoms with E-state index >= 15 is 4.79 Å². The largest absolute Gasteiger partial charge is 0.432 e. The molecule has 106 heavy (non-hydrogen) atoms. The third-order valence-corrected chi connectivity index (χ3v) is 26.8. The Kier molecular flexibility index (Phi) is 24.5. The van der Waals surface area contributed by atoms with Gasteiger partial charge in [0.25, 0.3) is 0 Å². The maximum absolute atomic E-state index is 15.8. The number of hydrogen-bond donors (Lipinski definition) is 21. The lowest BCUT2D eigenvalue weighted by Crippen LogP contribution is -2.72. The van der Waals surface area contributed by atoms with Gasteiger partial charge in [0.05, 0.1) is 75.1 Å². The summed E-state index contributed by atoms with van der Waals surface area (Å²) >= 11 is 0. The first-order valence-electron chi connectivity index (χ1n) is 37.1. The number of esters is 1. The van der Waals surface area contributed by atoms with E-state index in [1.165, 1.54) is 20.8 Å². The molecule has 7 heterocycles. The Morgan fingerprint density at radius 2 is 0.915 bits per heavy atom. The molecule has 44 atom stereocenters. The molecular weight excluding hydrogens is 1420 g/mol. The minimum atomic E-state index is -2.10. The quantitative estimate of drug-likeness (QED) is 0.0365. The molecule has 36 heteroatoms. The lowest BCUT2D eigenvalue weighted by atomic mass is 9.33. The van der Waals surface area contributed by atoms with E-state index in [0.717, 1.165) is 5.57 Å². The molecule has 2 unspecified atom stereocenters. The molecule has 0 aromatic carbocycles. The molecule has 4 saturated carbocycles. The molecular formula is C70H114O36. The Labute approximate surface area is 612 Å². The number of ether oxygens (including phenoxy) is 14. The predicted molar refractivity (Wildman–Crippen MR) is 349 cm³/mol. The van der Waals surface area contributed by atoms with Gasteiger partial charge in [-0.15, -0.1) is 0 Å². The van der Waals surface area contributed by atoms with Crippen LogP contribution in [-0.4, -0.2) is 367 Å².